The van der Waals surface area contributed by atoms with Crippen LogP contribution in [0, 0.1) is 13.8 Å². The molecule has 0 aromatic carbocycles. The molecule has 124 valence electrons. The smallest absolute Gasteiger partial charge is 0.258 e. The third-order valence-corrected chi connectivity index (χ3v) is 4.14. The largest absolute Gasteiger partial charge is 0.352 e. The summed E-state index contributed by atoms with van der Waals surface area (Å²) in [5, 5.41) is 10.9. The lowest BCUT2D eigenvalue weighted by Gasteiger charge is -2.27. The van der Waals surface area contributed by atoms with Gasteiger partial charge in [0.1, 0.15) is 0 Å². The molecule has 2 aromatic heterocycles. The molecule has 0 radical (unpaired) electrons. The Bertz CT molecular complexity index is 691. The van der Waals surface area contributed by atoms with E-state index in [2.05, 4.69) is 25.7 Å². The molecular weight excluding hydrogens is 294 g/mol. The Morgan fingerprint density at radius 3 is 2.96 bits per heavy atom. The highest BCUT2D eigenvalue weighted by Crippen LogP contribution is 2.21. The summed E-state index contributed by atoms with van der Waals surface area (Å²) in [6, 6.07) is 1.79. The summed E-state index contributed by atoms with van der Waals surface area (Å²) in [7, 11) is 0. The van der Waals surface area contributed by atoms with Crippen molar-refractivity contribution >= 4 is 17.0 Å². The average Bonchev–Trinajstić information content (AvgIpc) is 2.92. The Balaban J connectivity index is 1.59. The molecule has 0 saturated carbocycles. The zero-order valence-corrected chi connectivity index (χ0v) is 13.7. The Kier molecular flexibility index (Phi) is 4.88. The van der Waals surface area contributed by atoms with Gasteiger partial charge in [-0.2, -0.15) is 0 Å². The van der Waals surface area contributed by atoms with Crippen molar-refractivity contribution in [3.05, 3.63) is 23.0 Å². The minimum absolute atomic E-state index is 0.0906. The second-order valence-electron chi connectivity index (χ2n) is 5.96. The molecule has 23 heavy (non-hydrogen) atoms. The van der Waals surface area contributed by atoms with Crippen LogP contribution in [-0.2, 0) is 0 Å². The van der Waals surface area contributed by atoms with E-state index in [0.717, 1.165) is 44.8 Å². The molecule has 7 heteroatoms. The predicted molar refractivity (Wildman–Crippen MR) is 87.5 cm³/mol. The van der Waals surface area contributed by atoms with Gasteiger partial charge in [-0.25, -0.2) is 4.98 Å². The summed E-state index contributed by atoms with van der Waals surface area (Å²) >= 11 is 0. The lowest BCUT2D eigenvalue weighted by atomic mass is 10.1. The molecule has 0 aliphatic carbocycles. The number of piperazine rings is 1. The van der Waals surface area contributed by atoms with E-state index >= 15 is 0 Å². The number of rotatable bonds is 5. The average molecular weight is 317 g/mol. The van der Waals surface area contributed by atoms with Crippen LogP contribution in [0.3, 0.4) is 0 Å². The maximum absolute atomic E-state index is 12.5. The fourth-order valence-corrected chi connectivity index (χ4v) is 2.93. The van der Waals surface area contributed by atoms with E-state index in [0.29, 0.717) is 28.9 Å². The molecule has 2 aromatic rings. The number of nitrogens with zero attached hydrogens (tertiary/aromatic N) is 3. The van der Waals surface area contributed by atoms with Crippen LogP contribution < -0.4 is 10.6 Å². The van der Waals surface area contributed by atoms with Gasteiger partial charge in [0.15, 0.2) is 0 Å². The molecule has 3 heterocycles. The van der Waals surface area contributed by atoms with Gasteiger partial charge in [-0.15, -0.1) is 0 Å². The van der Waals surface area contributed by atoms with Gasteiger partial charge in [0.2, 0.25) is 0 Å². The minimum atomic E-state index is -0.0906. The second-order valence-corrected chi connectivity index (χ2v) is 5.96. The van der Waals surface area contributed by atoms with Crippen molar-refractivity contribution in [1.29, 1.82) is 0 Å². The minimum Gasteiger partial charge on any atom is -0.352 e. The summed E-state index contributed by atoms with van der Waals surface area (Å²) in [5.74, 6) is -0.0906. The van der Waals surface area contributed by atoms with Crippen LogP contribution in [0.5, 0.6) is 0 Å². The van der Waals surface area contributed by atoms with E-state index in [-0.39, 0.29) is 5.91 Å². The number of pyridine rings is 1. The number of nitrogens with one attached hydrogen (secondary N) is 2. The Morgan fingerprint density at radius 1 is 1.39 bits per heavy atom. The molecule has 2 N–H and O–H groups in total. The number of hydrogen-bond acceptors (Lipinski definition) is 6. The number of aromatic nitrogens is 2. The second kappa shape index (κ2) is 7.06. The Labute approximate surface area is 135 Å². The van der Waals surface area contributed by atoms with E-state index in [4.69, 9.17) is 4.52 Å². The highest BCUT2D eigenvalue weighted by molar-refractivity contribution is 6.05. The highest BCUT2D eigenvalue weighted by Gasteiger charge is 2.17. The lowest BCUT2D eigenvalue weighted by Crippen LogP contribution is -2.44. The van der Waals surface area contributed by atoms with Crippen LogP contribution >= 0.6 is 0 Å². The summed E-state index contributed by atoms with van der Waals surface area (Å²) in [5.41, 5.74) is 2.46. The molecule has 1 amide bonds. The van der Waals surface area contributed by atoms with Gasteiger partial charge >= 0.3 is 0 Å². The van der Waals surface area contributed by atoms with Crippen LogP contribution in [-0.4, -0.2) is 60.2 Å². The normalized spacial score (nSPS) is 15.9. The number of carbonyl (C=O) groups is 1. The first-order valence-electron chi connectivity index (χ1n) is 8.10. The molecule has 7 nitrogen and oxygen atoms in total. The topological polar surface area (TPSA) is 83.3 Å². The van der Waals surface area contributed by atoms with Gasteiger partial charge in [-0.05, 0) is 32.9 Å². The maximum Gasteiger partial charge on any atom is 0.258 e. The summed E-state index contributed by atoms with van der Waals surface area (Å²) < 4.78 is 5.17. The van der Waals surface area contributed by atoms with Gasteiger partial charge in [-0.1, -0.05) is 5.16 Å². The van der Waals surface area contributed by atoms with Gasteiger partial charge in [-0.3, -0.25) is 4.79 Å². The SMILES string of the molecule is Cc1cc(C(=O)NCCCN2CCNCC2)c2c(C)noc2n1. The molecule has 0 bridgehead atoms. The molecule has 0 unspecified atom stereocenters. The molecule has 3 rings (SSSR count). The van der Waals surface area contributed by atoms with Crippen LogP contribution in [0.2, 0.25) is 0 Å². The fraction of sp³-hybridized carbons (Fsp3) is 0.562. The van der Waals surface area contributed by atoms with Gasteiger partial charge in [0, 0.05) is 38.4 Å². The first-order valence-corrected chi connectivity index (χ1v) is 8.10. The van der Waals surface area contributed by atoms with Crippen LogP contribution in [0.1, 0.15) is 28.2 Å². The number of hydrogen-bond donors (Lipinski definition) is 2. The molecule has 1 aliphatic heterocycles. The Morgan fingerprint density at radius 2 is 2.17 bits per heavy atom. The summed E-state index contributed by atoms with van der Waals surface area (Å²) in [4.78, 5) is 19.2. The maximum atomic E-state index is 12.5. The lowest BCUT2D eigenvalue weighted by molar-refractivity contribution is 0.0952. The molecule has 1 fully saturated rings. The number of carbonyl (C=O) groups excluding carboxylic acids is 1. The van der Waals surface area contributed by atoms with E-state index < -0.39 is 0 Å². The van der Waals surface area contributed by atoms with E-state index in [1.54, 1.807) is 6.07 Å². The molecule has 0 spiro atoms. The fourth-order valence-electron chi connectivity index (χ4n) is 2.93. The van der Waals surface area contributed by atoms with Crippen molar-refractivity contribution in [1.82, 2.24) is 25.7 Å². The molecular formula is C16H23N5O2. The quantitative estimate of drug-likeness (QED) is 0.796. The predicted octanol–water partition coefficient (Wildman–Crippen LogP) is 0.865. The number of fused-ring (bicyclic) bond motifs is 1. The molecule has 0 atom stereocenters. The first kappa shape index (κ1) is 15.9. The molecule has 1 saturated heterocycles. The third-order valence-electron chi connectivity index (χ3n) is 4.14. The standard InChI is InChI=1S/C16H23N5O2/c1-11-10-13(14-12(2)20-23-16(14)19-11)15(22)18-4-3-7-21-8-5-17-6-9-21/h10,17H,3-9H2,1-2H3,(H,18,22). The van der Waals surface area contributed by atoms with E-state index in [9.17, 15) is 4.79 Å². The van der Waals surface area contributed by atoms with Crippen molar-refractivity contribution in [2.45, 2.75) is 20.3 Å². The van der Waals surface area contributed by atoms with E-state index in [1.165, 1.54) is 0 Å². The van der Waals surface area contributed by atoms with Gasteiger partial charge < -0.3 is 20.1 Å². The van der Waals surface area contributed by atoms with E-state index in [1.807, 2.05) is 13.8 Å². The third kappa shape index (κ3) is 3.68. The van der Waals surface area contributed by atoms with Gasteiger partial charge in [0.05, 0.1) is 16.6 Å². The first-order chi connectivity index (χ1) is 11.1. The van der Waals surface area contributed by atoms with Crippen molar-refractivity contribution in [2.75, 3.05) is 39.3 Å². The summed E-state index contributed by atoms with van der Waals surface area (Å²) in [6.07, 6.45) is 0.946. The zero-order chi connectivity index (χ0) is 16.2. The van der Waals surface area contributed by atoms with Crippen LogP contribution in [0.15, 0.2) is 10.6 Å². The van der Waals surface area contributed by atoms with Gasteiger partial charge in [0.25, 0.3) is 11.6 Å². The van der Waals surface area contributed by atoms with Crippen molar-refractivity contribution in [3.8, 4) is 0 Å². The van der Waals surface area contributed by atoms with Crippen LogP contribution in [0.4, 0.5) is 0 Å². The zero-order valence-electron chi connectivity index (χ0n) is 13.7. The van der Waals surface area contributed by atoms with Crippen molar-refractivity contribution in [3.63, 3.8) is 0 Å². The Hall–Kier alpha value is -1.99. The molecule has 1 aliphatic rings. The number of amides is 1. The number of aryl methyl sites for hydroxylation is 2. The monoisotopic (exact) mass is 317 g/mol. The van der Waals surface area contributed by atoms with Crippen molar-refractivity contribution < 1.29 is 9.32 Å². The highest BCUT2D eigenvalue weighted by atomic mass is 16.5. The van der Waals surface area contributed by atoms with Crippen molar-refractivity contribution in [2.24, 2.45) is 0 Å². The summed E-state index contributed by atoms with van der Waals surface area (Å²) in [6.45, 7) is 9.61. The van der Waals surface area contributed by atoms with Crippen LogP contribution in [0.25, 0.3) is 11.1 Å².